The van der Waals surface area contributed by atoms with E-state index in [1.54, 1.807) is 0 Å². The van der Waals surface area contributed by atoms with Gasteiger partial charge in [0.05, 0.1) is 15.8 Å². The van der Waals surface area contributed by atoms with Crippen molar-refractivity contribution < 1.29 is 29.1 Å². The van der Waals surface area contributed by atoms with Gasteiger partial charge in [-0.25, -0.2) is 9.18 Å². The molecule has 0 aliphatic heterocycles. The SMILES string of the molecule is C[C@H](Nc1c([N+](=O)[O-])cc2c(=O)c(C(=O)O)cn(C3CC3)c2c1F)C(=O)O. The molecule has 0 radical (unpaired) electrons. The van der Waals surface area contributed by atoms with Crippen molar-refractivity contribution in [2.75, 3.05) is 5.32 Å². The predicted octanol–water partition coefficient (Wildman–Crippen LogP) is 1.97. The molecule has 27 heavy (non-hydrogen) atoms. The molecule has 11 heteroatoms. The van der Waals surface area contributed by atoms with Gasteiger partial charge >= 0.3 is 11.9 Å². The van der Waals surface area contributed by atoms with Gasteiger partial charge in [0.2, 0.25) is 5.43 Å². The number of nitro groups is 1. The van der Waals surface area contributed by atoms with Gasteiger partial charge in [0, 0.05) is 18.3 Å². The van der Waals surface area contributed by atoms with Crippen LogP contribution in [0.3, 0.4) is 0 Å². The van der Waals surface area contributed by atoms with Crippen LogP contribution in [0.2, 0.25) is 0 Å². The fourth-order valence-corrected chi connectivity index (χ4v) is 2.81. The van der Waals surface area contributed by atoms with E-state index < -0.39 is 56.5 Å². The Hall–Kier alpha value is -3.50. The summed E-state index contributed by atoms with van der Waals surface area (Å²) in [6.07, 6.45) is 2.27. The van der Waals surface area contributed by atoms with Crippen molar-refractivity contribution in [1.29, 1.82) is 0 Å². The molecule has 1 aliphatic rings. The number of aliphatic carboxylic acids is 1. The molecule has 10 nitrogen and oxygen atoms in total. The highest BCUT2D eigenvalue weighted by atomic mass is 19.1. The maximum Gasteiger partial charge on any atom is 0.341 e. The van der Waals surface area contributed by atoms with Crippen LogP contribution >= 0.6 is 0 Å². The van der Waals surface area contributed by atoms with Crippen LogP contribution in [0.25, 0.3) is 10.9 Å². The molecule has 1 aromatic carbocycles. The van der Waals surface area contributed by atoms with E-state index >= 15 is 4.39 Å². The Kier molecular flexibility index (Phi) is 4.30. The number of benzene rings is 1. The zero-order valence-electron chi connectivity index (χ0n) is 13.9. The Morgan fingerprint density at radius 1 is 1.41 bits per heavy atom. The Balaban J connectivity index is 2.41. The maximum atomic E-state index is 15.2. The number of nitrogens with zero attached hydrogens (tertiary/aromatic N) is 2. The molecule has 1 aliphatic carbocycles. The number of nitrogens with one attached hydrogen (secondary N) is 1. The number of anilines is 1. The average Bonchev–Trinajstić information content (AvgIpc) is 3.41. The average molecular weight is 379 g/mol. The number of carboxylic acids is 2. The van der Waals surface area contributed by atoms with E-state index in [1.807, 2.05) is 0 Å². The monoisotopic (exact) mass is 379 g/mol. The molecule has 2 aromatic rings. The molecule has 1 heterocycles. The van der Waals surface area contributed by atoms with Crippen molar-refractivity contribution >= 4 is 34.2 Å². The third-order valence-electron chi connectivity index (χ3n) is 4.33. The summed E-state index contributed by atoms with van der Waals surface area (Å²) in [6.45, 7) is 1.18. The van der Waals surface area contributed by atoms with Gasteiger partial charge in [-0.3, -0.25) is 19.7 Å². The second-order valence-electron chi connectivity index (χ2n) is 6.26. The van der Waals surface area contributed by atoms with Crippen molar-refractivity contribution in [3.8, 4) is 0 Å². The lowest BCUT2D eigenvalue weighted by molar-refractivity contribution is -0.384. The molecule has 1 saturated carbocycles. The molecule has 1 fully saturated rings. The summed E-state index contributed by atoms with van der Waals surface area (Å²) in [4.78, 5) is 45.2. The van der Waals surface area contributed by atoms with Crippen molar-refractivity contribution in [3.05, 3.63) is 44.0 Å². The number of carboxylic acid groups (broad SMARTS) is 2. The van der Waals surface area contributed by atoms with Crippen molar-refractivity contribution in [1.82, 2.24) is 4.57 Å². The van der Waals surface area contributed by atoms with Gasteiger partial charge in [0.15, 0.2) is 11.5 Å². The molecule has 3 rings (SSSR count). The third kappa shape index (κ3) is 3.07. The van der Waals surface area contributed by atoms with Crippen molar-refractivity contribution in [2.45, 2.75) is 31.8 Å². The number of aromatic nitrogens is 1. The number of pyridine rings is 1. The van der Waals surface area contributed by atoms with Crippen LogP contribution in [0.5, 0.6) is 0 Å². The minimum atomic E-state index is -1.53. The molecule has 0 saturated heterocycles. The van der Waals surface area contributed by atoms with Gasteiger partial charge in [0.25, 0.3) is 5.69 Å². The number of carbonyl (C=O) groups is 2. The Morgan fingerprint density at radius 2 is 2.04 bits per heavy atom. The van der Waals surface area contributed by atoms with Crippen LogP contribution in [-0.4, -0.2) is 37.7 Å². The first-order valence-electron chi connectivity index (χ1n) is 7.91. The lowest BCUT2D eigenvalue weighted by atomic mass is 10.1. The lowest BCUT2D eigenvalue weighted by Gasteiger charge is -2.17. The van der Waals surface area contributed by atoms with Gasteiger partial charge in [-0.1, -0.05) is 0 Å². The Morgan fingerprint density at radius 3 is 2.52 bits per heavy atom. The predicted molar refractivity (Wildman–Crippen MR) is 90.8 cm³/mol. The largest absolute Gasteiger partial charge is 0.480 e. The minimum absolute atomic E-state index is 0.244. The van der Waals surface area contributed by atoms with Crippen LogP contribution in [0.1, 0.15) is 36.2 Å². The van der Waals surface area contributed by atoms with Gasteiger partial charge in [0.1, 0.15) is 11.6 Å². The Bertz CT molecular complexity index is 1060. The normalized spacial score (nSPS) is 14.7. The van der Waals surface area contributed by atoms with Crippen LogP contribution < -0.4 is 10.7 Å². The molecule has 0 spiro atoms. The number of halogens is 1. The van der Waals surface area contributed by atoms with E-state index in [-0.39, 0.29) is 11.6 Å². The van der Waals surface area contributed by atoms with E-state index in [0.29, 0.717) is 12.8 Å². The van der Waals surface area contributed by atoms with E-state index in [2.05, 4.69) is 5.32 Å². The second-order valence-corrected chi connectivity index (χ2v) is 6.26. The first-order chi connectivity index (χ1) is 12.6. The zero-order valence-corrected chi connectivity index (χ0v) is 13.9. The summed E-state index contributed by atoms with van der Waals surface area (Å²) >= 11 is 0. The van der Waals surface area contributed by atoms with Crippen LogP contribution in [-0.2, 0) is 4.79 Å². The summed E-state index contributed by atoms with van der Waals surface area (Å²) in [7, 11) is 0. The van der Waals surface area contributed by atoms with E-state index in [4.69, 9.17) is 5.11 Å². The van der Waals surface area contributed by atoms with Crippen molar-refractivity contribution in [3.63, 3.8) is 0 Å². The summed E-state index contributed by atoms with van der Waals surface area (Å²) in [6, 6.07) is -0.801. The smallest absolute Gasteiger partial charge is 0.341 e. The van der Waals surface area contributed by atoms with Gasteiger partial charge in [-0.05, 0) is 19.8 Å². The molecular weight excluding hydrogens is 365 g/mol. The number of fused-ring (bicyclic) bond motifs is 1. The number of aromatic carboxylic acids is 1. The molecule has 0 amide bonds. The topological polar surface area (TPSA) is 152 Å². The number of hydrogen-bond acceptors (Lipinski definition) is 6. The zero-order chi connectivity index (χ0) is 20.0. The highest BCUT2D eigenvalue weighted by molar-refractivity contribution is 5.96. The van der Waals surface area contributed by atoms with Crippen LogP contribution in [0, 0.1) is 15.9 Å². The quantitative estimate of drug-likeness (QED) is 0.509. The summed E-state index contributed by atoms with van der Waals surface area (Å²) in [5.74, 6) is -4.06. The number of hydrogen-bond donors (Lipinski definition) is 3. The third-order valence-corrected chi connectivity index (χ3v) is 4.33. The maximum absolute atomic E-state index is 15.2. The van der Waals surface area contributed by atoms with E-state index in [9.17, 15) is 29.6 Å². The van der Waals surface area contributed by atoms with Gasteiger partial charge < -0.3 is 20.1 Å². The van der Waals surface area contributed by atoms with Crippen molar-refractivity contribution in [2.24, 2.45) is 0 Å². The standard InChI is InChI=1S/C16H14FN3O7/c1-6(15(22)23)18-12-10(20(26)27)4-8-13(11(12)17)19(7-2-3-7)5-9(14(8)21)16(24)25/h4-7,18H,2-3H2,1H3,(H,22,23)(H,24,25)/t6-/m0/s1. The summed E-state index contributed by atoms with van der Waals surface area (Å²) < 4.78 is 16.5. The number of rotatable bonds is 6. The van der Waals surface area contributed by atoms with Gasteiger partial charge in [-0.2, -0.15) is 0 Å². The van der Waals surface area contributed by atoms with Crippen LogP contribution in [0.4, 0.5) is 15.8 Å². The Labute approximate surface area is 150 Å². The molecule has 1 aromatic heterocycles. The summed E-state index contributed by atoms with van der Waals surface area (Å²) in [5.41, 5.74) is -3.48. The lowest BCUT2D eigenvalue weighted by Crippen LogP contribution is -2.27. The molecular formula is C16H14FN3O7. The fraction of sp³-hybridized carbons (Fsp3) is 0.312. The molecule has 142 valence electrons. The van der Waals surface area contributed by atoms with Gasteiger partial charge in [-0.15, -0.1) is 0 Å². The highest BCUT2D eigenvalue weighted by Crippen LogP contribution is 2.40. The molecule has 0 bridgehead atoms. The first kappa shape index (κ1) is 18.3. The van der Waals surface area contributed by atoms with Crippen LogP contribution in [0.15, 0.2) is 17.1 Å². The highest BCUT2D eigenvalue weighted by Gasteiger charge is 2.32. The van der Waals surface area contributed by atoms with E-state index in [1.165, 1.54) is 11.5 Å². The van der Waals surface area contributed by atoms with E-state index in [0.717, 1.165) is 12.3 Å². The summed E-state index contributed by atoms with van der Waals surface area (Å²) in [5, 5.41) is 31.4. The first-order valence-corrected chi connectivity index (χ1v) is 7.91. The molecule has 3 N–H and O–H groups in total. The second kappa shape index (κ2) is 6.34. The minimum Gasteiger partial charge on any atom is -0.480 e. The molecule has 0 unspecified atom stereocenters. The molecule has 1 atom stereocenters. The fourth-order valence-electron chi connectivity index (χ4n) is 2.81. The number of nitro benzene ring substituents is 1.